The van der Waals surface area contributed by atoms with E-state index in [1.54, 1.807) is 6.07 Å². The van der Waals surface area contributed by atoms with Crippen molar-refractivity contribution in [3.63, 3.8) is 0 Å². The van der Waals surface area contributed by atoms with E-state index in [4.69, 9.17) is 5.11 Å². The average Bonchev–Trinajstić information content (AvgIpc) is 2.79. The summed E-state index contributed by atoms with van der Waals surface area (Å²) in [5.41, 5.74) is 0.887. The Morgan fingerprint density at radius 3 is 3.00 bits per heavy atom. The minimum atomic E-state index is -0.541. The zero-order valence-corrected chi connectivity index (χ0v) is 11.5. The molecule has 1 aliphatic rings. The van der Waals surface area contributed by atoms with Gasteiger partial charge in [-0.2, -0.15) is 11.8 Å². The van der Waals surface area contributed by atoms with Gasteiger partial charge in [0.1, 0.15) is 0 Å². The number of phenols is 1. The highest BCUT2D eigenvalue weighted by Gasteiger charge is 2.26. The summed E-state index contributed by atoms with van der Waals surface area (Å²) in [4.78, 5) is 0. The Morgan fingerprint density at radius 1 is 1.44 bits per heavy atom. The molecule has 0 aromatic heterocycles. The maximum atomic E-state index is 13.2. The number of thioether (sulfide) groups is 1. The molecule has 2 atom stereocenters. The molecule has 2 N–H and O–H groups in total. The molecule has 0 radical (unpaired) electrons. The van der Waals surface area contributed by atoms with Gasteiger partial charge in [-0.15, -0.1) is 0 Å². The topological polar surface area (TPSA) is 32.3 Å². The molecule has 2 rings (SSSR count). The third-order valence-corrected chi connectivity index (χ3v) is 4.74. The first kappa shape index (κ1) is 13.7. The SMILES string of the molecule is CCSC1CCCC1NCc1ccc(O)c(F)c1. The largest absolute Gasteiger partial charge is 0.505 e. The van der Waals surface area contributed by atoms with Crippen molar-refractivity contribution in [2.24, 2.45) is 0 Å². The second-order valence-electron chi connectivity index (χ2n) is 4.70. The summed E-state index contributed by atoms with van der Waals surface area (Å²) < 4.78 is 13.2. The Labute approximate surface area is 112 Å². The third kappa shape index (κ3) is 3.39. The maximum absolute atomic E-state index is 13.2. The van der Waals surface area contributed by atoms with E-state index in [0.29, 0.717) is 17.8 Å². The molecule has 0 amide bonds. The Kier molecular flexibility index (Phi) is 4.89. The number of nitrogens with one attached hydrogen (secondary N) is 1. The second kappa shape index (κ2) is 6.43. The van der Waals surface area contributed by atoms with Gasteiger partial charge in [0.05, 0.1) is 0 Å². The maximum Gasteiger partial charge on any atom is 0.165 e. The Hall–Kier alpha value is -0.740. The lowest BCUT2D eigenvalue weighted by Crippen LogP contribution is -2.33. The lowest BCUT2D eigenvalue weighted by atomic mass is 10.2. The monoisotopic (exact) mass is 269 g/mol. The van der Waals surface area contributed by atoms with Crippen molar-refractivity contribution in [1.29, 1.82) is 0 Å². The number of benzene rings is 1. The van der Waals surface area contributed by atoms with Gasteiger partial charge >= 0.3 is 0 Å². The summed E-state index contributed by atoms with van der Waals surface area (Å²) in [5, 5.41) is 13.3. The summed E-state index contributed by atoms with van der Waals surface area (Å²) in [5.74, 6) is 0.329. The fourth-order valence-electron chi connectivity index (χ4n) is 2.48. The molecular weight excluding hydrogens is 249 g/mol. The van der Waals surface area contributed by atoms with Crippen LogP contribution in [0.3, 0.4) is 0 Å². The van der Waals surface area contributed by atoms with E-state index in [-0.39, 0.29) is 5.75 Å². The summed E-state index contributed by atoms with van der Waals surface area (Å²) in [6.45, 7) is 2.86. The molecule has 2 unspecified atom stereocenters. The molecule has 1 saturated carbocycles. The molecule has 2 nitrogen and oxygen atoms in total. The highest BCUT2D eigenvalue weighted by molar-refractivity contribution is 7.99. The van der Waals surface area contributed by atoms with Crippen LogP contribution in [0.15, 0.2) is 18.2 Å². The molecule has 0 aliphatic heterocycles. The van der Waals surface area contributed by atoms with Gasteiger partial charge in [0.15, 0.2) is 11.6 Å². The van der Waals surface area contributed by atoms with Gasteiger partial charge in [0, 0.05) is 17.8 Å². The summed E-state index contributed by atoms with van der Waals surface area (Å²) in [6, 6.07) is 5.12. The van der Waals surface area contributed by atoms with E-state index in [0.717, 1.165) is 11.3 Å². The molecule has 4 heteroatoms. The predicted molar refractivity (Wildman–Crippen MR) is 74.5 cm³/mol. The molecule has 1 fully saturated rings. The van der Waals surface area contributed by atoms with Gasteiger partial charge in [0.2, 0.25) is 0 Å². The molecule has 0 saturated heterocycles. The molecule has 1 aromatic carbocycles. The zero-order chi connectivity index (χ0) is 13.0. The normalized spacial score (nSPS) is 23.4. The minimum absolute atomic E-state index is 0.279. The quantitative estimate of drug-likeness (QED) is 0.860. The predicted octanol–water partition coefficient (Wildman–Crippen LogP) is 3.30. The third-order valence-electron chi connectivity index (χ3n) is 3.41. The van der Waals surface area contributed by atoms with Crippen molar-refractivity contribution in [2.75, 3.05) is 5.75 Å². The van der Waals surface area contributed by atoms with Crippen molar-refractivity contribution in [3.05, 3.63) is 29.6 Å². The number of aromatic hydroxyl groups is 1. The average molecular weight is 269 g/mol. The van der Waals surface area contributed by atoms with Crippen LogP contribution in [-0.4, -0.2) is 22.2 Å². The van der Waals surface area contributed by atoms with Gasteiger partial charge in [0.25, 0.3) is 0 Å². The highest BCUT2D eigenvalue weighted by Crippen LogP contribution is 2.30. The second-order valence-corrected chi connectivity index (χ2v) is 6.21. The summed E-state index contributed by atoms with van der Waals surface area (Å²) in [7, 11) is 0. The van der Waals surface area contributed by atoms with Crippen LogP contribution < -0.4 is 5.32 Å². The first-order valence-electron chi connectivity index (χ1n) is 6.53. The van der Waals surface area contributed by atoms with Gasteiger partial charge < -0.3 is 10.4 Å². The van der Waals surface area contributed by atoms with Crippen LogP contribution in [0, 0.1) is 5.82 Å². The number of phenolic OH excluding ortho intramolecular Hbond substituents is 1. The van der Waals surface area contributed by atoms with Crippen molar-refractivity contribution in [1.82, 2.24) is 5.32 Å². The number of rotatable bonds is 5. The smallest absolute Gasteiger partial charge is 0.165 e. The summed E-state index contributed by atoms with van der Waals surface area (Å²) >= 11 is 2.01. The highest BCUT2D eigenvalue weighted by atomic mass is 32.2. The van der Waals surface area contributed by atoms with Crippen LogP contribution in [0.1, 0.15) is 31.7 Å². The van der Waals surface area contributed by atoms with Crippen LogP contribution in [0.2, 0.25) is 0 Å². The van der Waals surface area contributed by atoms with Crippen LogP contribution >= 0.6 is 11.8 Å². The molecule has 0 spiro atoms. The van der Waals surface area contributed by atoms with Gasteiger partial charge in [-0.3, -0.25) is 0 Å². The first-order valence-corrected chi connectivity index (χ1v) is 7.58. The van der Waals surface area contributed by atoms with E-state index in [1.807, 2.05) is 11.8 Å². The number of hydrogen-bond donors (Lipinski definition) is 2. The van der Waals surface area contributed by atoms with Crippen LogP contribution in [-0.2, 0) is 6.54 Å². The molecule has 1 aliphatic carbocycles. The van der Waals surface area contributed by atoms with Crippen LogP contribution in [0.25, 0.3) is 0 Å². The van der Waals surface area contributed by atoms with E-state index >= 15 is 0 Å². The fraction of sp³-hybridized carbons (Fsp3) is 0.571. The zero-order valence-electron chi connectivity index (χ0n) is 10.7. The molecule has 0 bridgehead atoms. The van der Waals surface area contributed by atoms with Gasteiger partial charge in [-0.1, -0.05) is 19.4 Å². The van der Waals surface area contributed by atoms with Crippen LogP contribution in [0.4, 0.5) is 4.39 Å². The molecular formula is C14H20FNOS. The lowest BCUT2D eigenvalue weighted by molar-refractivity contribution is 0.431. The summed E-state index contributed by atoms with van der Waals surface area (Å²) in [6.07, 6.45) is 3.76. The Bertz CT molecular complexity index is 399. The van der Waals surface area contributed by atoms with Crippen molar-refractivity contribution < 1.29 is 9.50 Å². The van der Waals surface area contributed by atoms with E-state index in [9.17, 15) is 4.39 Å². The lowest BCUT2D eigenvalue weighted by Gasteiger charge is -2.20. The fourth-order valence-corrected chi connectivity index (χ4v) is 3.71. The van der Waals surface area contributed by atoms with Gasteiger partial charge in [-0.25, -0.2) is 4.39 Å². The molecule has 100 valence electrons. The van der Waals surface area contributed by atoms with E-state index < -0.39 is 5.82 Å². The first-order chi connectivity index (χ1) is 8.70. The number of halogens is 1. The van der Waals surface area contributed by atoms with E-state index in [2.05, 4.69) is 12.2 Å². The van der Waals surface area contributed by atoms with E-state index in [1.165, 1.54) is 31.4 Å². The van der Waals surface area contributed by atoms with Crippen molar-refractivity contribution in [2.45, 2.75) is 44.0 Å². The molecule has 18 heavy (non-hydrogen) atoms. The van der Waals surface area contributed by atoms with Crippen molar-refractivity contribution in [3.8, 4) is 5.75 Å². The standard InChI is InChI=1S/C14H20FNOS/c1-2-18-14-5-3-4-12(14)16-9-10-6-7-13(17)11(15)8-10/h6-8,12,14,16-17H,2-5,9H2,1H3. The van der Waals surface area contributed by atoms with Gasteiger partial charge in [-0.05, 0) is 36.3 Å². The molecule has 0 heterocycles. The number of hydrogen-bond acceptors (Lipinski definition) is 3. The Balaban J connectivity index is 1.88. The molecule has 1 aromatic rings. The van der Waals surface area contributed by atoms with Crippen molar-refractivity contribution >= 4 is 11.8 Å². The van der Waals surface area contributed by atoms with Crippen LogP contribution in [0.5, 0.6) is 5.75 Å². The minimum Gasteiger partial charge on any atom is -0.505 e. The Morgan fingerprint density at radius 2 is 2.28 bits per heavy atom.